The van der Waals surface area contributed by atoms with Gasteiger partial charge in [-0.1, -0.05) is 48.0 Å². The Balaban J connectivity index is 1.61. The van der Waals surface area contributed by atoms with Crippen molar-refractivity contribution in [1.29, 1.82) is 0 Å². The lowest BCUT2D eigenvalue weighted by Gasteiger charge is -2.43. The number of ether oxygens (including phenoxy) is 1. The maximum atomic E-state index is 12.3. The van der Waals surface area contributed by atoms with Crippen LogP contribution in [0.2, 0.25) is 0 Å². The third-order valence-electron chi connectivity index (χ3n) is 5.70. The second-order valence-corrected chi connectivity index (χ2v) is 8.07. The summed E-state index contributed by atoms with van der Waals surface area (Å²) in [5.74, 6) is 1.05. The first-order chi connectivity index (χ1) is 13.0. The van der Waals surface area contributed by atoms with E-state index in [1.54, 1.807) is 6.92 Å². The Morgan fingerprint density at radius 3 is 2.74 bits per heavy atom. The highest BCUT2D eigenvalue weighted by molar-refractivity contribution is 5.73. The Kier molecular flexibility index (Phi) is 4.92. The smallest absolute Gasteiger partial charge is 0.219 e. The predicted octanol–water partition coefficient (Wildman–Crippen LogP) is 3.77. The predicted molar refractivity (Wildman–Crippen MR) is 107 cm³/mol. The van der Waals surface area contributed by atoms with Crippen molar-refractivity contribution >= 4 is 5.91 Å². The third-order valence-corrected chi connectivity index (χ3v) is 5.70. The molecular weight excluding hydrogens is 336 g/mol. The van der Waals surface area contributed by atoms with Gasteiger partial charge in [0.2, 0.25) is 5.91 Å². The first-order valence-electron chi connectivity index (χ1n) is 9.83. The van der Waals surface area contributed by atoms with Crippen molar-refractivity contribution in [1.82, 2.24) is 9.80 Å². The number of hydrogen-bond donors (Lipinski definition) is 0. The molecule has 0 aromatic heterocycles. The van der Waals surface area contributed by atoms with Crippen molar-refractivity contribution in [2.45, 2.75) is 45.4 Å². The number of likely N-dealkylation sites (tertiary alicyclic amines) is 1. The largest absolute Gasteiger partial charge is 0.484 e. The van der Waals surface area contributed by atoms with Gasteiger partial charge in [-0.2, -0.15) is 0 Å². The molecule has 2 aliphatic heterocycles. The summed E-state index contributed by atoms with van der Waals surface area (Å²) in [5.41, 5.74) is 3.30. The van der Waals surface area contributed by atoms with Crippen LogP contribution in [0.5, 0.6) is 5.75 Å². The van der Waals surface area contributed by atoms with Gasteiger partial charge in [0.1, 0.15) is 11.4 Å². The van der Waals surface area contributed by atoms with Crippen molar-refractivity contribution in [2.75, 3.05) is 19.6 Å². The second-order valence-electron chi connectivity index (χ2n) is 8.07. The van der Waals surface area contributed by atoms with E-state index in [1.807, 2.05) is 4.90 Å². The number of nitrogens with zero attached hydrogens (tertiary/aromatic N) is 2. The van der Waals surface area contributed by atoms with Crippen molar-refractivity contribution < 1.29 is 9.53 Å². The standard InChI is InChI=1S/C23H28N2O2/c1-18-9-10-22-21(13-18)15-25(19(2)26)17-23(27-22)11-6-12-24(16-23)14-20-7-4-3-5-8-20/h3-5,7-10,13H,6,11-12,14-17H2,1-2H3/t23-/m0/s1. The van der Waals surface area contributed by atoms with Crippen molar-refractivity contribution in [3.63, 3.8) is 0 Å². The Bertz CT molecular complexity index is 820. The topological polar surface area (TPSA) is 32.8 Å². The highest BCUT2D eigenvalue weighted by Gasteiger charge is 2.42. The zero-order chi connectivity index (χ0) is 18.9. The van der Waals surface area contributed by atoms with E-state index in [9.17, 15) is 4.79 Å². The second kappa shape index (κ2) is 7.35. The number of carbonyl (C=O) groups is 1. The van der Waals surface area contributed by atoms with Crippen molar-refractivity contribution in [3.05, 3.63) is 65.2 Å². The maximum absolute atomic E-state index is 12.3. The molecule has 1 amide bonds. The van der Waals surface area contributed by atoms with Crippen LogP contribution in [-0.4, -0.2) is 40.9 Å². The van der Waals surface area contributed by atoms with Crippen molar-refractivity contribution in [3.8, 4) is 5.75 Å². The summed E-state index contributed by atoms with van der Waals surface area (Å²) in [7, 11) is 0. The number of hydrogen-bond acceptors (Lipinski definition) is 3. The van der Waals surface area contributed by atoms with Gasteiger partial charge in [-0.25, -0.2) is 0 Å². The Morgan fingerprint density at radius 2 is 1.96 bits per heavy atom. The number of carbonyl (C=O) groups excluding carboxylic acids is 1. The monoisotopic (exact) mass is 364 g/mol. The molecule has 4 heteroatoms. The van der Waals surface area contributed by atoms with Gasteiger partial charge >= 0.3 is 0 Å². The van der Waals surface area contributed by atoms with E-state index >= 15 is 0 Å². The summed E-state index contributed by atoms with van der Waals surface area (Å²) in [6.45, 7) is 7.88. The number of benzene rings is 2. The van der Waals surface area contributed by atoms with E-state index in [1.165, 1.54) is 11.1 Å². The molecule has 4 rings (SSSR count). The maximum Gasteiger partial charge on any atom is 0.219 e. The number of aryl methyl sites for hydroxylation is 1. The lowest BCUT2D eigenvalue weighted by molar-refractivity contribution is -0.133. The van der Waals surface area contributed by atoms with Crippen LogP contribution in [0.15, 0.2) is 48.5 Å². The fourth-order valence-corrected chi connectivity index (χ4v) is 4.41. The summed E-state index contributed by atoms with van der Waals surface area (Å²) >= 11 is 0. The SMILES string of the molecule is CC(=O)N1Cc2cc(C)ccc2O[C@]2(CCCN(Cc3ccccc3)C2)C1. The van der Waals surface area contributed by atoms with Gasteiger partial charge in [0.05, 0.1) is 6.54 Å². The van der Waals surface area contributed by atoms with Gasteiger partial charge in [-0.15, -0.1) is 0 Å². The lowest BCUT2D eigenvalue weighted by Crippen LogP contribution is -2.57. The van der Waals surface area contributed by atoms with E-state index in [4.69, 9.17) is 4.74 Å². The summed E-state index contributed by atoms with van der Waals surface area (Å²) < 4.78 is 6.65. The first kappa shape index (κ1) is 18.1. The lowest BCUT2D eigenvalue weighted by atomic mass is 9.91. The summed E-state index contributed by atoms with van der Waals surface area (Å²) in [4.78, 5) is 16.7. The number of piperidine rings is 1. The van der Waals surface area contributed by atoms with Crippen LogP contribution >= 0.6 is 0 Å². The van der Waals surface area contributed by atoms with E-state index in [2.05, 4.69) is 60.4 Å². The molecule has 1 saturated heterocycles. The van der Waals surface area contributed by atoms with Gasteiger partial charge in [0.25, 0.3) is 0 Å². The minimum absolute atomic E-state index is 0.118. The van der Waals surface area contributed by atoms with Crippen LogP contribution in [-0.2, 0) is 17.9 Å². The highest BCUT2D eigenvalue weighted by atomic mass is 16.5. The molecule has 0 bridgehead atoms. The van der Waals surface area contributed by atoms with Crippen LogP contribution in [0.4, 0.5) is 0 Å². The molecule has 4 nitrogen and oxygen atoms in total. The quantitative estimate of drug-likeness (QED) is 0.813. The number of amides is 1. The molecule has 2 aromatic rings. The van der Waals surface area contributed by atoms with E-state index in [-0.39, 0.29) is 11.5 Å². The third kappa shape index (κ3) is 4.01. The van der Waals surface area contributed by atoms with Gasteiger partial charge in [0, 0.05) is 32.1 Å². The van der Waals surface area contributed by atoms with Crippen LogP contribution in [0, 0.1) is 6.92 Å². The Hall–Kier alpha value is -2.33. The normalized spacial score (nSPS) is 22.8. The Labute approximate surface area is 161 Å². The molecule has 2 aromatic carbocycles. The zero-order valence-electron chi connectivity index (χ0n) is 16.3. The molecule has 142 valence electrons. The molecule has 2 aliphatic rings. The Morgan fingerprint density at radius 1 is 1.15 bits per heavy atom. The van der Waals surface area contributed by atoms with E-state index in [0.717, 1.165) is 43.8 Å². The van der Waals surface area contributed by atoms with Crippen LogP contribution in [0.25, 0.3) is 0 Å². The first-order valence-corrected chi connectivity index (χ1v) is 9.83. The minimum Gasteiger partial charge on any atom is -0.484 e. The summed E-state index contributed by atoms with van der Waals surface area (Å²) in [6.07, 6.45) is 2.06. The number of fused-ring (bicyclic) bond motifs is 1. The van der Waals surface area contributed by atoms with Gasteiger partial charge in [-0.3, -0.25) is 9.69 Å². The average molecular weight is 364 g/mol. The average Bonchev–Trinajstić information content (AvgIpc) is 2.79. The molecule has 1 spiro atoms. The van der Waals surface area contributed by atoms with Crippen LogP contribution in [0.1, 0.15) is 36.5 Å². The molecule has 1 atom stereocenters. The molecule has 0 saturated carbocycles. The van der Waals surface area contributed by atoms with Gasteiger partial charge < -0.3 is 9.64 Å². The summed E-state index contributed by atoms with van der Waals surface area (Å²) in [6, 6.07) is 16.9. The molecule has 2 heterocycles. The highest BCUT2D eigenvalue weighted by Crippen LogP contribution is 2.35. The molecule has 0 unspecified atom stereocenters. The van der Waals surface area contributed by atoms with Gasteiger partial charge in [0.15, 0.2) is 0 Å². The van der Waals surface area contributed by atoms with Crippen LogP contribution < -0.4 is 4.74 Å². The molecule has 0 N–H and O–H groups in total. The van der Waals surface area contributed by atoms with Gasteiger partial charge in [-0.05, 0) is 37.9 Å². The molecule has 1 fully saturated rings. The fraction of sp³-hybridized carbons (Fsp3) is 0.435. The number of rotatable bonds is 2. The van der Waals surface area contributed by atoms with Crippen molar-refractivity contribution in [2.24, 2.45) is 0 Å². The summed E-state index contributed by atoms with van der Waals surface area (Å²) in [5, 5.41) is 0. The van der Waals surface area contributed by atoms with Crippen LogP contribution in [0.3, 0.4) is 0 Å². The van der Waals surface area contributed by atoms with E-state index < -0.39 is 0 Å². The molecular formula is C23H28N2O2. The van der Waals surface area contributed by atoms with E-state index in [0.29, 0.717) is 13.1 Å². The molecule has 0 aliphatic carbocycles. The molecule has 27 heavy (non-hydrogen) atoms. The zero-order valence-corrected chi connectivity index (χ0v) is 16.3. The molecule has 0 radical (unpaired) electrons. The minimum atomic E-state index is -0.334. The fourth-order valence-electron chi connectivity index (χ4n) is 4.41.